The van der Waals surface area contributed by atoms with Crippen LogP contribution in [0.5, 0.6) is 11.5 Å². The number of rotatable bonds is 9. The van der Waals surface area contributed by atoms with E-state index >= 15 is 0 Å². The van der Waals surface area contributed by atoms with Crippen molar-refractivity contribution in [3.8, 4) is 17.6 Å². The SMILES string of the molecule is CCCCNCCc1cc(OC)c(OC)cc1CC#N. The fourth-order valence-corrected chi connectivity index (χ4v) is 2.10. The van der Waals surface area contributed by atoms with Crippen LogP contribution in [0.1, 0.15) is 30.9 Å². The topological polar surface area (TPSA) is 54.3 Å². The molecule has 1 aromatic rings. The van der Waals surface area contributed by atoms with E-state index in [-0.39, 0.29) is 0 Å². The van der Waals surface area contributed by atoms with Gasteiger partial charge in [0.05, 0.1) is 26.7 Å². The van der Waals surface area contributed by atoms with Crippen molar-refractivity contribution >= 4 is 0 Å². The third-order valence-electron chi connectivity index (χ3n) is 3.25. The van der Waals surface area contributed by atoms with Gasteiger partial charge in [-0.25, -0.2) is 0 Å². The second-order valence-corrected chi connectivity index (χ2v) is 4.66. The van der Waals surface area contributed by atoms with Crippen molar-refractivity contribution in [1.82, 2.24) is 5.32 Å². The molecule has 0 aromatic heterocycles. The number of hydrogen-bond acceptors (Lipinski definition) is 4. The molecular formula is C16H24N2O2. The molecule has 0 saturated heterocycles. The van der Waals surface area contributed by atoms with Crippen molar-refractivity contribution in [2.24, 2.45) is 0 Å². The van der Waals surface area contributed by atoms with Crippen LogP contribution < -0.4 is 14.8 Å². The van der Waals surface area contributed by atoms with E-state index in [1.807, 2.05) is 12.1 Å². The Kier molecular flexibility index (Phi) is 7.52. The summed E-state index contributed by atoms with van der Waals surface area (Å²) in [6, 6.07) is 6.09. The molecule has 0 atom stereocenters. The molecule has 0 radical (unpaired) electrons. The van der Waals surface area contributed by atoms with Crippen LogP contribution in [0.4, 0.5) is 0 Å². The minimum absolute atomic E-state index is 0.393. The van der Waals surface area contributed by atoms with Crippen LogP contribution in [0.3, 0.4) is 0 Å². The molecule has 4 heteroatoms. The average Bonchev–Trinajstić information content (AvgIpc) is 2.48. The summed E-state index contributed by atoms with van der Waals surface area (Å²) in [7, 11) is 3.24. The molecule has 0 amide bonds. The van der Waals surface area contributed by atoms with Crippen LogP contribution in [0, 0.1) is 11.3 Å². The molecular weight excluding hydrogens is 252 g/mol. The lowest BCUT2D eigenvalue weighted by Gasteiger charge is -2.14. The zero-order valence-corrected chi connectivity index (χ0v) is 12.7. The Hall–Kier alpha value is -1.73. The summed E-state index contributed by atoms with van der Waals surface area (Å²) in [6.45, 7) is 4.13. The molecule has 0 saturated carbocycles. The van der Waals surface area contributed by atoms with Gasteiger partial charge in [0.1, 0.15) is 0 Å². The maximum atomic E-state index is 8.94. The summed E-state index contributed by atoms with van der Waals surface area (Å²) in [6.07, 6.45) is 3.67. The van der Waals surface area contributed by atoms with Crippen LogP contribution in [-0.2, 0) is 12.8 Å². The van der Waals surface area contributed by atoms with Gasteiger partial charge in [0, 0.05) is 0 Å². The normalized spacial score (nSPS) is 10.1. The van der Waals surface area contributed by atoms with Crippen molar-refractivity contribution < 1.29 is 9.47 Å². The largest absolute Gasteiger partial charge is 0.493 e. The van der Waals surface area contributed by atoms with Crippen molar-refractivity contribution in [3.05, 3.63) is 23.3 Å². The highest BCUT2D eigenvalue weighted by Gasteiger charge is 2.10. The Bertz CT molecular complexity index is 453. The maximum absolute atomic E-state index is 8.94. The average molecular weight is 276 g/mol. The molecule has 0 unspecified atom stereocenters. The van der Waals surface area contributed by atoms with Gasteiger partial charge < -0.3 is 14.8 Å². The lowest BCUT2D eigenvalue weighted by atomic mass is 10.0. The first kappa shape index (κ1) is 16.3. The van der Waals surface area contributed by atoms with Crippen molar-refractivity contribution in [1.29, 1.82) is 5.26 Å². The van der Waals surface area contributed by atoms with Crippen LogP contribution in [0.25, 0.3) is 0 Å². The highest BCUT2D eigenvalue weighted by atomic mass is 16.5. The molecule has 0 spiro atoms. The number of ether oxygens (including phenoxy) is 2. The van der Waals surface area contributed by atoms with Gasteiger partial charge in [-0.1, -0.05) is 13.3 Å². The number of hydrogen-bond donors (Lipinski definition) is 1. The Morgan fingerprint density at radius 3 is 2.30 bits per heavy atom. The molecule has 110 valence electrons. The van der Waals surface area contributed by atoms with Crippen molar-refractivity contribution in [2.75, 3.05) is 27.3 Å². The summed E-state index contributed by atoms with van der Waals surface area (Å²) in [5.74, 6) is 1.40. The summed E-state index contributed by atoms with van der Waals surface area (Å²) < 4.78 is 10.6. The molecule has 0 aliphatic rings. The van der Waals surface area contributed by atoms with Gasteiger partial charge in [-0.15, -0.1) is 0 Å². The van der Waals surface area contributed by atoms with Gasteiger partial charge >= 0.3 is 0 Å². The minimum atomic E-state index is 0.393. The molecule has 1 N–H and O–H groups in total. The first-order chi connectivity index (χ1) is 9.76. The van der Waals surface area contributed by atoms with E-state index in [0.717, 1.165) is 36.4 Å². The summed E-state index contributed by atoms with van der Waals surface area (Å²) >= 11 is 0. The fraction of sp³-hybridized carbons (Fsp3) is 0.562. The molecule has 0 fully saturated rings. The molecule has 0 aliphatic heterocycles. The minimum Gasteiger partial charge on any atom is -0.493 e. The summed E-state index contributed by atoms with van der Waals surface area (Å²) in [4.78, 5) is 0. The monoisotopic (exact) mass is 276 g/mol. The predicted molar refractivity (Wildman–Crippen MR) is 80.3 cm³/mol. The smallest absolute Gasteiger partial charge is 0.161 e. The Balaban J connectivity index is 2.78. The first-order valence-electron chi connectivity index (χ1n) is 7.08. The quantitative estimate of drug-likeness (QED) is 0.705. The van der Waals surface area contributed by atoms with E-state index in [1.54, 1.807) is 14.2 Å². The third-order valence-corrected chi connectivity index (χ3v) is 3.25. The van der Waals surface area contributed by atoms with Gasteiger partial charge in [-0.05, 0) is 49.2 Å². The van der Waals surface area contributed by atoms with Gasteiger partial charge in [0.25, 0.3) is 0 Å². The van der Waals surface area contributed by atoms with Gasteiger partial charge in [-0.2, -0.15) is 5.26 Å². The lowest BCUT2D eigenvalue weighted by Crippen LogP contribution is -2.18. The Morgan fingerprint density at radius 1 is 1.10 bits per heavy atom. The zero-order chi connectivity index (χ0) is 14.8. The highest BCUT2D eigenvalue weighted by Crippen LogP contribution is 2.31. The molecule has 1 rings (SSSR count). The van der Waals surface area contributed by atoms with Crippen LogP contribution in [0.15, 0.2) is 12.1 Å². The predicted octanol–water partition coefficient (Wildman–Crippen LogP) is 2.70. The van der Waals surface area contributed by atoms with E-state index in [1.165, 1.54) is 12.8 Å². The van der Waals surface area contributed by atoms with Crippen molar-refractivity contribution in [2.45, 2.75) is 32.6 Å². The lowest BCUT2D eigenvalue weighted by molar-refractivity contribution is 0.354. The second kappa shape index (κ2) is 9.22. The second-order valence-electron chi connectivity index (χ2n) is 4.66. The molecule has 4 nitrogen and oxygen atoms in total. The fourth-order valence-electron chi connectivity index (χ4n) is 2.10. The summed E-state index contributed by atoms with van der Waals surface area (Å²) in [5, 5.41) is 12.4. The van der Waals surface area contributed by atoms with E-state index in [4.69, 9.17) is 14.7 Å². The number of nitriles is 1. The molecule has 0 aliphatic carbocycles. The number of methoxy groups -OCH3 is 2. The number of benzene rings is 1. The van der Waals surface area contributed by atoms with E-state index < -0.39 is 0 Å². The van der Waals surface area contributed by atoms with Gasteiger partial charge in [0.15, 0.2) is 11.5 Å². The standard InChI is InChI=1S/C16H24N2O2/c1-4-5-9-18-10-7-14-12-16(20-3)15(19-2)11-13(14)6-8-17/h11-12,18H,4-7,9-10H2,1-3H3. The van der Waals surface area contributed by atoms with Gasteiger partial charge in [0.2, 0.25) is 0 Å². The maximum Gasteiger partial charge on any atom is 0.161 e. The van der Waals surface area contributed by atoms with Crippen LogP contribution >= 0.6 is 0 Å². The van der Waals surface area contributed by atoms with E-state index in [2.05, 4.69) is 18.3 Å². The number of nitrogens with zero attached hydrogens (tertiary/aromatic N) is 1. The number of nitrogens with one attached hydrogen (secondary N) is 1. The van der Waals surface area contributed by atoms with E-state index in [0.29, 0.717) is 12.2 Å². The molecule has 1 aromatic carbocycles. The molecule has 20 heavy (non-hydrogen) atoms. The van der Waals surface area contributed by atoms with Crippen molar-refractivity contribution in [3.63, 3.8) is 0 Å². The summed E-state index contributed by atoms with van der Waals surface area (Å²) in [5.41, 5.74) is 2.16. The molecule has 0 heterocycles. The number of unbranched alkanes of at least 4 members (excludes halogenated alkanes) is 1. The van der Waals surface area contributed by atoms with Gasteiger partial charge in [-0.3, -0.25) is 0 Å². The first-order valence-corrected chi connectivity index (χ1v) is 7.08. The third kappa shape index (κ3) is 4.75. The Morgan fingerprint density at radius 2 is 1.75 bits per heavy atom. The van der Waals surface area contributed by atoms with E-state index in [9.17, 15) is 0 Å². The van der Waals surface area contributed by atoms with Crippen LogP contribution in [0.2, 0.25) is 0 Å². The van der Waals surface area contributed by atoms with Crippen LogP contribution in [-0.4, -0.2) is 27.3 Å². The molecule has 0 bridgehead atoms. The zero-order valence-electron chi connectivity index (χ0n) is 12.7. The highest BCUT2D eigenvalue weighted by molar-refractivity contribution is 5.48. The Labute approximate surface area is 121 Å².